The normalized spacial score (nSPS) is 18.4. The van der Waals surface area contributed by atoms with Crippen LogP contribution >= 0.6 is 0 Å². The van der Waals surface area contributed by atoms with Crippen LogP contribution in [0.25, 0.3) is 22.5 Å². The Labute approximate surface area is 193 Å². The monoisotopic (exact) mass is 443 g/mol. The van der Waals surface area contributed by atoms with Crippen LogP contribution in [0.5, 0.6) is 0 Å². The van der Waals surface area contributed by atoms with Crippen LogP contribution in [0.2, 0.25) is 0 Å². The molecule has 1 aliphatic heterocycles. The number of nitrogens with one attached hydrogen (secondary N) is 2. The minimum atomic E-state index is -0.450. The fraction of sp³-hybridized carbons (Fsp3) is 0.400. The molecule has 1 saturated carbocycles. The number of nitrogens with zero attached hydrogens (tertiary/aromatic N) is 5. The summed E-state index contributed by atoms with van der Waals surface area (Å²) in [4.78, 5) is 20.0. The standard InChI is InChI=1S/C25H29N7O/c1-2-3-16-26-24-27-25(14-6-7-15-25)23(33)32(24)17-18-10-12-19(13-11-18)20-8-4-5-9-21(20)22-28-30-31-29-22/h4-5,8-13H,2-3,6-7,14-17H2,1H3,(H,26,27)(H,28,29,30,31). The minimum Gasteiger partial charge on any atom is -0.341 e. The molecular formula is C25H29N7O. The summed E-state index contributed by atoms with van der Waals surface area (Å²) >= 11 is 0. The Morgan fingerprint density at radius 3 is 2.52 bits per heavy atom. The number of H-pyrrole nitrogens is 1. The fourth-order valence-electron chi connectivity index (χ4n) is 4.80. The number of unbranched alkanes of at least 4 members (excludes halogenated alkanes) is 1. The summed E-state index contributed by atoms with van der Waals surface area (Å²) in [6.07, 6.45) is 6.06. The molecule has 1 spiro atoms. The van der Waals surface area contributed by atoms with E-state index in [0.717, 1.165) is 73.3 Å². The zero-order valence-corrected chi connectivity index (χ0v) is 18.9. The second kappa shape index (κ2) is 9.13. The smallest absolute Gasteiger partial charge is 0.255 e. The second-order valence-electron chi connectivity index (χ2n) is 8.84. The van der Waals surface area contributed by atoms with Gasteiger partial charge in [0.15, 0.2) is 0 Å². The average Bonchev–Trinajstić information content (AvgIpc) is 3.59. The molecule has 33 heavy (non-hydrogen) atoms. The molecule has 5 rings (SSSR count). The van der Waals surface area contributed by atoms with Crippen LogP contribution in [0.4, 0.5) is 0 Å². The van der Waals surface area contributed by atoms with Crippen molar-refractivity contribution >= 4 is 11.9 Å². The predicted molar refractivity (Wildman–Crippen MR) is 127 cm³/mol. The van der Waals surface area contributed by atoms with Crippen molar-refractivity contribution in [2.45, 2.75) is 57.5 Å². The van der Waals surface area contributed by atoms with Crippen molar-refractivity contribution < 1.29 is 4.79 Å². The lowest BCUT2D eigenvalue weighted by Crippen LogP contribution is -2.44. The molecule has 8 heteroatoms. The lowest BCUT2D eigenvalue weighted by atomic mass is 9.97. The van der Waals surface area contributed by atoms with Crippen LogP contribution in [-0.4, -0.2) is 49.5 Å². The van der Waals surface area contributed by atoms with E-state index < -0.39 is 5.54 Å². The van der Waals surface area contributed by atoms with Gasteiger partial charge in [-0.1, -0.05) is 74.7 Å². The molecule has 1 aromatic heterocycles. The van der Waals surface area contributed by atoms with E-state index in [4.69, 9.17) is 4.99 Å². The second-order valence-corrected chi connectivity index (χ2v) is 8.84. The molecule has 170 valence electrons. The molecule has 0 atom stereocenters. The molecule has 2 fully saturated rings. The van der Waals surface area contributed by atoms with Gasteiger partial charge < -0.3 is 5.32 Å². The van der Waals surface area contributed by atoms with Crippen LogP contribution in [0.1, 0.15) is 51.0 Å². The van der Waals surface area contributed by atoms with Crippen molar-refractivity contribution in [3.63, 3.8) is 0 Å². The molecule has 2 N–H and O–H groups in total. The van der Waals surface area contributed by atoms with Gasteiger partial charge in [-0.2, -0.15) is 5.21 Å². The lowest BCUT2D eigenvalue weighted by Gasteiger charge is -2.20. The first-order valence-electron chi connectivity index (χ1n) is 11.8. The van der Waals surface area contributed by atoms with Crippen LogP contribution in [0, 0.1) is 0 Å². The van der Waals surface area contributed by atoms with Crippen molar-refractivity contribution in [3.05, 3.63) is 54.1 Å². The van der Waals surface area contributed by atoms with Crippen LogP contribution < -0.4 is 5.32 Å². The van der Waals surface area contributed by atoms with Gasteiger partial charge in [0, 0.05) is 12.1 Å². The van der Waals surface area contributed by atoms with E-state index in [1.54, 1.807) is 0 Å². The van der Waals surface area contributed by atoms with Crippen molar-refractivity contribution in [1.29, 1.82) is 0 Å². The molecule has 2 aliphatic rings. The van der Waals surface area contributed by atoms with Gasteiger partial charge in [0.05, 0.1) is 6.54 Å². The van der Waals surface area contributed by atoms with Gasteiger partial charge in [-0.25, -0.2) is 0 Å². The van der Waals surface area contributed by atoms with E-state index in [1.165, 1.54) is 0 Å². The first-order chi connectivity index (χ1) is 16.2. The Kier molecular flexibility index (Phi) is 5.90. The Morgan fingerprint density at radius 1 is 1.06 bits per heavy atom. The number of aromatic amines is 1. The maximum atomic E-state index is 13.4. The molecule has 0 unspecified atom stereocenters. The molecule has 0 bridgehead atoms. The van der Waals surface area contributed by atoms with E-state index in [2.05, 4.69) is 63.2 Å². The third kappa shape index (κ3) is 4.13. The van der Waals surface area contributed by atoms with Gasteiger partial charge in [0.25, 0.3) is 5.91 Å². The quantitative estimate of drug-likeness (QED) is 0.539. The Hall–Kier alpha value is -3.55. The third-order valence-electron chi connectivity index (χ3n) is 6.61. The molecule has 3 aromatic rings. The predicted octanol–water partition coefficient (Wildman–Crippen LogP) is 3.93. The van der Waals surface area contributed by atoms with E-state index in [0.29, 0.717) is 12.4 Å². The van der Waals surface area contributed by atoms with E-state index >= 15 is 0 Å². The number of hydrogen-bond acceptors (Lipinski definition) is 5. The number of guanidine groups is 1. The summed E-state index contributed by atoms with van der Waals surface area (Å²) in [6, 6.07) is 16.3. The number of aromatic nitrogens is 4. The number of aliphatic imine (C=N–C) groups is 1. The summed E-state index contributed by atoms with van der Waals surface area (Å²) in [6.45, 7) is 3.41. The Bertz CT molecular complexity index is 1130. The number of carbonyl (C=O) groups is 1. The highest BCUT2D eigenvalue weighted by Crippen LogP contribution is 2.36. The fourth-order valence-corrected chi connectivity index (χ4v) is 4.80. The van der Waals surface area contributed by atoms with Gasteiger partial charge in [-0.3, -0.25) is 14.7 Å². The summed E-state index contributed by atoms with van der Waals surface area (Å²) in [5.74, 6) is 1.47. The van der Waals surface area contributed by atoms with Gasteiger partial charge in [-0.05, 0) is 41.2 Å². The Morgan fingerprint density at radius 2 is 1.82 bits per heavy atom. The molecule has 0 radical (unpaired) electrons. The minimum absolute atomic E-state index is 0.168. The molecular weight excluding hydrogens is 414 g/mol. The molecule has 2 aromatic carbocycles. The van der Waals surface area contributed by atoms with E-state index in [-0.39, 0.29) is 5.91 Å². The average molecular weight is 444 g/mol. The zero-order valence-electron chi connectivity index (χ0n) is 18.9. The maximum absolute atomic E-state index is 13.4. The van der Waals surface area contributed by atoms with Crippen molar-refractivity contribution in [3.8, 4) is 22.5 Å². The SMILES string of the molecule is CCCCN=C1NC2(CCCC2)C(=O)N1Cc1ccc(-c2ccccc2-c2nn[nH]n2)cc1. The highest BCUT2D eigenvalue weighted by Gasteiger charge is 2.51. The lowest BCUT2D eigenvalue weighted by molar-refractivity contribution is -0.131. The molecule has 8 nitrogen and oxygen atoms in total. The summed E-state index contributed by atoms with van der Waals surface area (Å²) < 4.78 is 0. The number of amides is 1. The number of hydrogen-bond donors (Lipinski definition) is 2. The number of benzene rings is 2. The highest BCUT2D eigenvalue weighted by atomic mass is 16.2. The first kappa shape index (κ1) is 21.3. The molecule has 1 saturated heterocycles. The highest BCUT2D eigenvalue weighted by molar-refractivity contribution is 6.09. The van der Waals surface area contributed by atoms with Gasteiger partial charge >= 0.3 is 0 Å². The topological polar surface area (TPSA) is 99.2 Å². The van der Waals surface area contributed by atoms with E-state index in [1.807, 2.05) is 23.1 Å². The van der Waals surface area contributed by atoms with Crippen LogP contribution in [0.3, 0.4) is 0 Å². The van der Waals surface area contributed by atoms with Gasteiger partial charge in [-0.15, -0.1) is 10.2 Å². The van der Waals surface area contributed by atoms with Gasteiger partial charge in [0.2, 0.25) is 11.8 Å². The Balaban J connectivity index is 1.39. The van der Waals surface area contributed by atoms with E-state index in [9.17, 15) is 4.79 Å². The van der Waals surface area contributed by atoms with Crippen molar-refractivity contribution in [2.75, 3.05) is 6.54 Å². The first-order valence-corrected chi connectivity index (χ1v) is 11.8. The maximum Gasteiger partial charge on any atom is 0.255 e. The van der Waals surface area contributed by atoms with Crippen LogP contribution in [-0.2, 0) is 11.3 Å². The third-order valence-corrected chi connectivity index (χ3v) is 6.61. The number of carbonyl (C=O) groups excluding carboxylic acids is 1. The number of rotatable bonds is 7. The summed E-state index contributed by atoms with van der Waals surface area (Å²) in [5, 5.41) is 18.0. The van der Waals surface area contributed by atoms with Crippen molar-refractivity contribution in [1.82, 2.24) is 30.8 Å². The largest absolute Gasteiger partial charge is 0.341 e. The molecule has 1 aliphatic carbocycles. The zero-order chi connectivity index (χ0) is 22.7. The molecule has 2 heterocycles. The summed E-state index contributed by atoms with van der Waals surface area (Å²) in [5.41, 5.74) is 3.65. The van der Waals surface area contributed by atoms with Crippen LogP contribution in [0.15, 0.2) is 53.5 Å². The molecule has 1 amide bonds. The van der Waals surface area contributed by atoms with Crippen molar-refractivity contribution in [2.24, 2.45) is 4.99 Å². The van der Waals surface area contributed by atoms with Gasteiger partial charge in [0.1, 0.15) is 5.54 Å². The summed E-state index contributed by atoms with van der Waals surface area (Å²) in [7, 11) is 0. The number of tetrazole rings is 1.